The summed E-state index contributed by atoms with van der Waals surface area (Å²) >= 11 is 5.98. The second-order valence-corrected chi connectivity index (χ2v) is 5.06. The first kappa shape index (κ1) is 14.0. The van der Waals surface area contributed by atoms with Crippen LogP contribution in [0.3, 0.4) is 0 Å². The highest BCUT2D eigenvalue weighted by Gasteiger charge is 2.12. The maximum absolute atomic E-state index is 11.7. The molecule has 0 atom stereocenters. The van der Waals surface area contributed by atoms with Gasteiger partial charge in [0.25, 0.3) is 5.91 Å². The molecule has 0 unspecified atom stereocenters. The van der Waals surface area contributed by atoms with E-state index in [1.54, 1.807) is 12.3 Å². The lowest BCUT2D eigenvalue weighted by molar-refractivity contribution is -0.122. The van der Waals surface area contributed by atoms with Gasteiger partial charge in [-0.3, -0.25) is 9.69 Å². The number of hydrogen-bond acceptors (Lipinski definition) is 3. The lowest BCUT2D eigenvalue weighted by atomic mass is 10.1. The lowest BCUT2D eigenvalue weighted by Gasteiger charge is -2.25. The van der Waals surface area contributed by atoms with Gasteiger partial charge in [0.05, 0.1) is 12.8 Å². The smallest absolute Gasteiger partial charge is 0.254 e. The first-order valence-corrected chi connectivity index (χ1v) is 6.92. The summed E-state index contributed by atoms with van der Waals surface area (Å²) in [5, 5.41) is 4.55. The molecule has 1 saturated heterocycles. The van der Waals surface area contributed by atoms with Gasteiger partial charge in [0.15, 0.2) is 0 Å². The van der Waals surface area contributed by atoms with Gasteiger partial charge >= 0.3 is 0 Å². The van der Waals surface area contributed by atoms with Crippen LogP contribution in [-0.4, -0.2) is 36.7 Å². The summed E-state index contributed by atoms with van der Waals surface area (Å²) in [6, 6.07) is 7.37. The van der Waals surface area contributed by atoms with Gasteiger partial charge in [-0.05, 0) is 32.0 Å². The number of nitrogens with one attached hydrogen (secondary N) is 1. The Balaban J connectivity index is 1.78. The average Bonchev–Trinajstić information content (AvgIpc) is 2.42. The van der Waals surface area contributed by atoms with E-state index in [0.717, 1.165) is 18.7 Å². The molecule has 0 spiro atoms. The fourth-order valence-electron chi connectivity index (χ4n) is 2.11. The highest BCUT2D eigenvalue weighted by Crippen LogP contribution is 2.12. The Morgan fingerprint density at radius 2 is 2.05 bits per heavy atom. The van der Waals surface area contributed by atoms with Crippen LogP contribution in [0.2, 0.25) is 5.02 Å². The zero-order chi connectivity index (χ0) is 13.5. The topological polar surface area (TPSA) is 44.7 Å². The van der Waals surface area contributed by atoms with Crippen LogP contribution in [0.25, 0.3) is 0 Å². The van der Waals surface area contributed by atoms with Gasteiger partial charge in [-0.1, -0.05) is 36.2 Å². The summed E-state index contributed by atoms with van der Waals surface area (Å²) in [5.74, 6) is -0.0785. The van der Waals surface area contributed by atoms with Crippen molar-refractivity contribution in [1.29, 1.82) is 0 Å². The number of halogens is 1. The molecule has 1 aromatic rings. The Hall–Kier alpha value is -1.39. The van der Waals surface area contributed by atoms with Crippen LogP contribution < -0.4 is 5.43 Å². The molecule has 1 aliphatic heterocycles. The van der Waals surface area contributed by atoms with Crippen LogP contribution in [0.15, 0.2) is 29.4 Å². The molecule has 102 valence electrons. The zero-order valence-corrected chi connectivity index (χ0v) is 11.6. The number of nitrogens with zero attached hydrogens (tertiary/aromatic N) is 2. The zero-order valence-electron chi connectivity index (χ0n) is 10.8. The van der Waals surface area contributed by atoms with Crippen LogP contribution in [0, 0.1) is 0 Å². The van der Waals surface area contributed by atoms with Crippen LogP contribution in [0.1, 0.15) is 24.8 Å². The van der Waals surface area contributed by atoms with Crippen molar-refractivity contribution in [3.05, 3.63) is 34.9 Å². The molecule has 19 heavy (non-hydrogen) atoms. The molecule has 0 aromatic heterocycles. The van der Waals surface area contributed by atoms with Crippen molar-refractivity contribution in [3.8, 4) is 0 Å². The highest BCUT2D eigenvalue weighted by molar-refractivity contribution is 6.33. The minimum atomic E-state index is -0.0785. The molecule has 1 aliphatic rings. The second kappa shape index (κ2) is 7.26. The molecule has 2 rings (SSSR count). The second-order valence-electron chi connectivity index (χ2n) is 4.65. The largest absolute Gasteiger partial charge is 0.294 e. The molecule has 1 N–H and O–H groups in total. The van der Waals surface area contributed by atoms with E-state index in [0.29, 0.717) is 11.6 Å². The lowest BCUT2D eigenvalue weighted by Crippen LogP contribution is -2.38. The van der Waals surface area contributed by atoms with Gasteiger partial charge in [-0.2, -0.15) is 5.10 Å². The van der Waals surface area contributed by atoms with E-state index in [2.05, 4.69) is 15.4 Å². The third-order valence-corrected chi connectivity index (χ3v) is 3.46. The molecule has 1 amide bonds. The highest BCUT2D eigenvalue weighted by atomic mass is 35.5. The van der Waals surface area contributed by atoms with Crippen molar-refractivity contribution in [3.63, 3.8) is 0 Å². The number of hydrogen-bond donors (Lipinski definition) is 1. The normalized spacial score (nSPS) is 16.7. The predicted octanol–water partition coefficient (Wildman–Crippen LogP) is 2.28. The first-order chi connectivity index (χ1) is 9.25. The molecule has 5 heteroatoms. The standard InChI is InChI=1S/C14H18ClN3O/c15-13-7-3-2-6-12(13)10-16-17-14(19)11-18-8-4-1-5-9-18/h2-3,6-7,10H,1,4-5,8-9,11H2,(H,17,19)/b16-10-. The molecule has 1 aromatic carbocycles. The van der Waals surface area contributed by atoms with Crippen molar-refractivity contribution in [2.45, 2.75) is 19.3 Å². The summed E-state index contributed by atoms with van der Waals surface area (Å²) in [4.78, 5) is 13.8. The quantitative estimate of drug-likeness (QED) is 0.679. The van der Waals surface area contributed by atoms with Gasteiger partial charge in [-0.25, -0.2) is 5.43 Å². The van der Waals surface area contributed by atoms with E-state index in [1.807, 2.05) is 18.2 Å². The van der Waals surface area contributed by atoms with E-state index >= 15 is 0 Å². The Bertz CT molecular complexity index is 456. The Morgan fingerprint density at radius 1 is 1.32 bits per heavy atom. The summed E-state index contributed by atoms with van der Waals surface area (Å²) in [5.41, 5.74) is 3.33. The third kappa shape index (κ3) is 4.65. The van der Waals surface area contributed by atoms with Crippen molar-refractivity contribution >= 4 is 23.7 Å². The summed E-state index contributed by atoms with van der Waals surface area (Å²) in [7, 11) is 0. The number of piperidine rings is 1. The molecule has 4 nitrogen and oxygen atoms in total. The van der Waals surface area contributed by atoms with Crippen LogP contribution >= 0.6 is 11.6 Å². The van der Waals surface area contributed by atoms with E-state index < -0.39 is 0 Å². The van der Waals surface area contributed by atoms with Crippen molar-refractivity contribution in [1.82, 2.24) is 10.3 Å². The first-order valence-electron chi connectivity index (χ1n) is 6.54. The van der Waals surface area contributed by atoms with Gasteiger partial charge in [0.2, 0.25) is 0 Å². The molecule has 0 aliphatic carbocycles. The minimum Gasteiger partial charge on any atom is -0.294 e. The molecular weight excluding hydrogens is 262 g/mol. The molecule has 1 fully saturated rings. The Kier molecular flexibility index (Phi) is 5.36. The van der Waals surface area contributed by atoms with E-state index in [4.69, 9.17) is 11.6 Å². The van der Waals surface area contributed by atoms with E-state index in [-0.39, 0.29) is 5.91 Å². The van der Waals surface area contributed by atoms with Crippen molar-refractivity contribution in [2.75, 3.05) is 19.6 Å². The van der Waals surface area contributed by atoms with E-state index in [1.165, 1.54) is 19.3 Å². The maximum atomic E-state index is 11.7. The van der Waals surface area contributed by atoms with Gasteiger partial charge in [0, 0.05) is 10.6 Å². The Labute approximate surface area is 118 Å². The van der Waals surface area contributed by atoms with Gasteiger partial charge in [-0.15, -0.1) is 0 Å². The molecule has 0 bridgehead atoms. The van der Waals surface area contributed by atoms with Crippen LogP contribution in [0.4, 0.5) is 0 Å². The number of hydrazone groups is 1. The van der Waals surface area contributed by atoms with Crippen molar-refractivity contribution < 1.29 is 4.79 Å². The molecule has 0 saturated carbocycles. The number of carbonyl (C=O) groups is 1. The maximum Gasteiger partial charge on any atom is 0.254 e. The number of likely N-dealkylation sites (tertiary alicyclic amines) is 1. The third-order valence-electron chi connectivity index (χ3n) is 3.11. The van der Waals surface area contributed by atoms with Crippen LogP contribution in [-0.2, 0) is 4.79 Å². The number of benzene rings is 1. The average molecular weight is 280 g/mol. The number of rotatable bonds is 4. The SMILES string of the molecule is O=C(CN1CCCCC1)N/N=C\c1ccccc1Cl. The Morgan fingerprint density at radius 3 is 2.79 bits per heavy atom. The van der Waals surface area contributed by atoms with Gasteiger partial charge < -0.3 is 0 Å². The fraction of sp³-hybridized carbons (Fsp3) is 0.429. The molecule has 0 radical (unpaired) electrons. The van der Waals surface area contributed by atoms with E-state index in [9.17, 15) is 4.79 Å². The minimum absolute atomic E-state index is 0.0785. The number of carbonyl (C=O) groups excluding carboxylic acids is 1. The van der Waals surface area contributed by atoms with Crippen molar-refractivity contribution in [2.24, 2.45) is 5.10 Å². The monoisotopic (exact) mass is 279 g/mol. The fourth-order valence-corrected chi connectivity index (χ4v) is 2.29. The summed E-state index contributed by atoms with van der Waals surface area (Å²) in [6.45, 7) is 2.42. The summed E-state index contributed by atoms with van der Waals surface area (Å²) < 4.78 is 0. The van der Waals surface area contributed by atoms with Gasteiger partial charge in [0.1, 0.15) is 0 Å². The molecular formula is C14H18ClN3O. The summed E-state index contributed by atoms with van der Waals surface area (Å²) in [6.07, 6.45) is 5.19. The predicted molar refractivity (Wildman–Crippen MR) is 77.5 cm³/mol. The van der Waals surface area contributed by atoms with Crippen LogP contribution in [0.5, 0.6) is 0 Å². The molecule has 1 heterocycles. The number of amides is 1.